The van der Waals surface area contributed by atoms with Gasteiger partial charge in [-0.3, -0.25) is 4.79 Å². The van der Waals surface area contributed by atoms with Crippen LogP contribution in [0.5, 0.6) is 0 Å². The molecule has 0 heterocycles. The van der Waals surface area contributed by atoms with E-state index in [9.17, 15) is 4.79 Å². The lowest BCUT2D eigenvalue weighted by molar-refractivity contribution is -0.121. The Bertz CT molecular complexity index is 84.4. The van der Waals surface area contributed by atoms with Crippen LogP contribution < -0.4 is 0 Å². The summed E-state index contributed by atoms with van der Waals surface area (Å²) in [4.78, 5) is 10.6. The molecule has 0 N–H and O–H groups in total. The van der Waals surface area contributed by atoms with E-state index >= 15 is 0 Å². The SMILES string of the molecule is CC(=O)C(C)C(C)C. The fraction of sp³-hybridized carbons (Fsp3) is 0.857. The maximum absolute atomic E-state index is 10.6. The van der Waals surface area contributed by atoms with E-state index in [4.69, 9.17) is 0 Å². The Morgan fingerprint density at radius 1 is 1.25 bits per heavy atom. The monoisotopic (exact) mass is 114 g/mol. The molecular formula is C7H14O. The van der Waals surface area contributed by atoms with Crippen LogP contribution >= 0.6 is 0 Å². The first-order valence-corrected chi connectivity index (χ1v) is 3.06. The predicted octanol–water partition coefficient (Wildman–Crippen LogP) is 1.87. The summed E-state index contributed by atoms with van der Waals surface area (Å²) in [7, 11) is 0. The van der Waals surface area contributed by atoms with Gasteiger partial charge < -0.3 is 0 Å². The highest BCUT2D eigenvalue weighted by molar-refractivity contribution is 5.78. The van der Waals surface area contributed by atoms with E-state index in [1.54, 1.807) is 6.92 Å². The molecule has 0 aliphatic rings. The lowest BCUT2D eigenvalue weighted by Crippen LogP contribution is -2.12. The average Bonchev–Trinajstić information content (AvgIpc) is 1.64. The quantitative estimate of drug-likeness (QED) is 0.535. The van der Waals surface area contributed by atoms with Gasteiger partial charge in [0.05, 0.1) is 0 Å². The fourth-order valence-corrected chi connectivity index (χ4v) is 0.469. The minimum Gasteiger partial charge on any atom is -0.300 e. The Labute approximate surface area is 51.1 Å². The third-order valence-electron chi connectivity index (χ3n) is 1.64. The smallest absolute Gasteiger partial charge is 0.132 e. The van der Waals surface area contributed by atoms with Crippen molar-refractivity contribution in [1.29, 1.82) is 0 Å². The van der Waals surface area contributed by atoms with Gasteiger partial charge in [-0.25, -0.2) is 0 Å². The highest BCUT2D eigenvalue weighted by atomic mass is 16.1. The Morgan fingerprint density at radius 2 is 1.62 bits per heavy atom. The third kappa shape index (κ3) is 2.10. The first kappa shape index (κ1) is 7.67. The molecule has 1 nitrogen and oxygen atoms in total. The zero-order chi connectivity index (χ0) is 6.73. The molecule has 1 atom stereocenters. The van der Waals surface area contributed by atoms with Crippen molar-refractivity contribution in [2.24, 2.45) is 11.8 Å². The summed E-state index contributed by atoms with van der Waals surface area (Å²) < 4.78 is 0. The van der Waals surface area contributed by atoms with Crippen molar-refractivity contribution < 1.29 is 4.79 Å². The van der Waals surface area contributed by atoms with Crippen LogP contribution in [0.2, 0.25) is 0 Å². The lowest BCUT2D eigenvalue weighted by atomic mass is 9.95. The molecule has 0 aromatic rings. The van der Waals surface area contributed by atoms with E-state index in [0.29, 0.717) is 11.7 Å². The molecule has 0 saturated heterocycles. The van der Waals surface area contributed by atoms with Crippen molar-refractivity contribution in [1.82, 2.24) is 0 Å². The van der Waals surface area contributed by atoms with Gasteiger partial charge in [0.1, 0.15) is 5.78 Å². The molecule has 0 bridgehead atoms. The van der Waals surface area contributed by atoms with Crippen molar-refractivity contribution in [3.63, 3.8) is 0 Å². The summed E-state index contributed by atoms with van der Waals surface area (Å²) >= 11 is 0. The van der Waals surface area contributed by atoms with Crippen LogP contribution in [0.3, 0.4) is 0 Å². The summed E-state index contributed by atoms with van der Waals surface area (Å²) in [5.74, 6) is 1.02. The molecule has 0 radical (unpaired) electrons. The highest BCUT2D eigenvalue weighted by Gasteiger charge is 2.10. The number of rotatable bonds is 2. The van der Waals surface area contributed by atoms with Crippen molar-refractivity contribution in [2.75, 3.05) is 0 Å². The Hall–Kier alpha value is -0.330. The molecule has 0 aromatic carbocycles. The molecular weight excluding hydrogens is 100 g/mol. The van der Waals surface area contributed by atoms with Crippen molar-refractivity contribution in [3.8, 4) is 0 Å². The minimum absolute atomic E-state index is 0.231. The number of carbonyl (C=O) groups excluding carboxylic acids is 1. The predicted molar refractivity (Wildman–Crippen MR) is 34.7 cm³/mol. The maximum Gasteiger partial charge on any atom is 0.132 e. The highest BCUT2D eigenvalue weighted by Crippen LogP contribution is 2.09. The molecule has 48 valence electrons. The van der Waals surface area contributed by atoms with Crippen LogP contribution in [-0.4, -0.2) is 5.78 Å². The van der Waals surface area contributed by atoms with Crippen LogP contribution in [0.15, 0.2) is 0 Å². The van der Waals surface area contributed by atoms with Crippen molar-refractivity contribution in [3.05, 3.63) is 0 Å². The molecule has 8 heavy (non-hydrogen) atoms. The summed E-state index contributed by atoms with van der Waals surface area (Å²) in [6.45, 7) is 7.73. The van der Waals surface area contributed by atoms with Gasteiger partial charge in [-0.1, -0.05) is 20.8 Å². The molecule has 0 aromatic heterocycles. The Kier molecular flexibility index (Phi) is 2.74. The van der Waals surface area contributed by atoms with Gasteiger partial charge in [0, 0.05) is 5.92 Å². The largest absolute Gasteiger partial charge is 0.300 e. The molecule has 0 amide bonds. The molecule has 0 aliphatic carbocycles. The topological polar surface area (TPSA) is 17.1 Å². The minimum atomic E-state index is 0.231. The van der Waals surface area contributed by atoms with Crippen LogP contribution in [0, 0.1) is 11.8 Å². The van der Waals surface area contributed by atoms with Crippen molar-refractivity contribution in [2.45, 2.75) is 27.7 Å². The number of Topliss-reactive ketones (excluding diaryl/α,β-unsaturated/α-hetero) is 1. The second-order valence-electron chi connectivity index (χ2n) is 2.64. The van der Waals surface area contributed by atoms with Crippen LogP contribution in [0.4, 0.5) is 0 Å². The van der Waals surface area contributed by atoms with E-state index in [2.05, 4.69) is 13.8 Å². The number of ketones is 1. The number of hydrogen-bond donors (Lipinski definition) is 0. The standard InChI is InChI=1S/C7H14O/c1-5(2)6(3)7(4)8/h5-6H,1-4H3. The van der Waals surface area contributed by atoms with Crippen LogP contribution in [-0.2, 0) is 4.79 Å². The summed E-state index contributed by atoms with van der Waals surface area (Å²) in [6.07, 6.45) is 0. The molecule has 0 spiro atoms. The van der Waals surface area contributed by atoms with E-state index in [1.807, 2.05) is 6.92 Å². The van der Waals surface area contributed by atoms with Crippen LogP contribution in [0.25, 0.3) is 0 Å². The first-order chi connectivity index (χ1) is 3.55. The van der Waals surface area contributed by atoms with Gasteiger partial charge in [-0.15, -0.1) is 0 Å². The molecule has 0 fully saturated rings. The van der Waals surface area contributed by atoms with Gasteiger partial charge in [-0.05, 0) is 12.8 Å². The maximum atomic E-state index is 10.6. The van der Waals surface area contributed by atoms with E-state index in [0.717, 1.165) is 0 Å². The summed E-state index contributed by atoms with van der Waals surface area (Å²) in [6, 6.07) is 0. The molecule has 1 heteroatoms. The first-order valence-electron chi connectivity index (χ1n) is 3.06. The Morgan fingerprint density at radius 3 is 1.62 bits per heavy atom. The molecule has 0 rings (SSSR count). The second kappa shape index (κ2) is 2.85. The Balaban J connectivity index is 3.64. The fourth-order valence-electron chi connectivity index (χ4n) is 0.469. The van der Waals surface area contributed by atoms with Crippen molar-refractivity contribution >= 4 is 5.78 Å². The normalized spacial score (nSPS) is 14.1. The number of carbonyl (C=O) groups is 1. The summed E-state index contributed by atoms with van der Waals surface area (Å²) in [5, 5.41) is 0. The molecule has 0 saturated carbocycles. The average molecular weight is 114 g/mol. The second-order valence-corrected chi connectivity index (χ2v) is 2.64. The van der Waals surface area contributed by atoms with Gasteiger partial charge >= 0.3 is 0 Å². The zero-order valence-electron chi connectivity index (χ0n) is 6.06. The van der Waals surface area contributed by atoms with E-state index < -0.39 is 0 Å². The lowest BCUT2D eigenvalue weighted by Gasteiger charge is -2.09. The zero-order valence-corrected chi connectivity index (χ0v) is 6.06. The van der Waals surface area contributed by atoms with Gasteiger partial charge in [0.25, 0.3) is 0 Å². The van der Waals surface area contributed by atoms with Gasteiger partial charge in [0.2, 0.25) is 0 Å². The van der Waals surface area contributed by atoms with Gasteiger partial charge in [-0.2, -0.15) is 0 Å². The summed E-state index contributed by atoms with van der Waals surface area (Å²) in [5.41, 5.74) is 0. The third-order valence-corrected chi connectivity index (χ3v) is 1.64. The van der Waals surface area contributed by atoms with E-state index in [-0.39, 0.29) is 5.92 Å². The van der Waals surface area contributed by atoms with E-state index in [1.165, 1.54) is 0 Å². The van der Waals surface area contributed by atoms with Crippen LogP contribution in [0.1, 0.15) is 27.7 Å². The van der Waals surface area contributed by atoms with Gasteiger partial charge in [0.15, 0.2) is 0 Å². The molecule has 0 aliphatic heterocycles. The molecule has 1 unspecified atom stereocenters. The number of hydrogen-bond acceptors (Lipinski definition) is 1.